The minimum Gasteiger partial charge on any atom is -0.392 e. The fourth-order valence-electron chi connectivity index (χ4n) is 3.42. The van der Waals surface area contributed by atoms with Gasteiger partial charge in [-0.2, -0.15) is 0 Å². The summed E-state index contributed by atoms with van der Waals surface area (Å²) < 4.78 is 0. The van der Waals surface area contributed by atoms with E-state index in [9.17, 15) is 9.90 Å². The summed E-state index contributed by atoms with van der Waals surface area (Å²) in [5, 5.41) is 16.2. The minimum atomic E-state index is -0.338. The molecule has 0 aliphatic rings. The maximum absolute atomic E-state index is 12.4. The molecule has 1 aromatic carbocycles. The van der Waals surface area contributed by atoms with Crippen LogP contribution >= 0.6 is 0 Å². The second-order valence-electron chi connectivity index (χ2n) is 7.19. The van der Waals surface area contributed by atoms with Gasteiger partial charge in [-0.3, -0.25) is 4.79 Å². The number of amides is 1. The fourth-order valence-corrected chi connectivity index (χ4v) is 3.42. The van der Waals surface area contributed by atoms with Gasteiger partial charge in [0.15, 0.2) is 0 Å². The van der Waals surface area contributed by atoms with Crippen LogP contribution in [0.2, 0.25) is 0 Å². The summed E-state index contributed by atoms with van der Waals surface area (Å²) in [5.41, 5.74) is 3.06. The number of aliphatic hydroxyl groups excluding tert-OH is 1. The summed E-state index contributed by atoms with van der Waals surface area (Å²) in [6.07, 6.45) is 3.49. The van der Waals surface area contributed by atoms with E-state index >= 15 is 0 Å². The Kier molecular flexibility index (Phi) is 11.1. The van der Waals surface area contributed by atoms with Crippen molar-refractivity contribution >= 4 is 11.6 Å². The molecule has 0 aromatic heterocycles. The van der Waals surface area contributed by atoms with Crippen LogP contribution in [0.3, 0.4) is 0 Å². The van der Waals surface area contributed by atoms with Crippen molar-refractivity contribution in [2.45, 2.75) is 72.4 Å². The van der Waals surface area contributed by atoms with Gasteiger partial charge in [-0.25, -0.2) is 0 Å². The Morgan fingerprint density at radius 3 is 2.26 bits per heavy atom. The van der Waals surface area contributed by atoms with E-state index in [1.165, 1.54) is 5.69 Å². The molecule has 0 spiro atoms. The predicted octanol–water partition coefficient (Wildman–Crippen LogP) is 3.49. The first-order valence-electron chi connectivity index (χ1n) is 10.5. The zero-order valence-electron chi connectivity index (χ0n) is 17.8. The molecule has 1 amide bonds. The largest absolute Gasteiger partial charge is 0.392 e. The van der Waals surface area contributed by atoms with Crippen LogP contribution in [0.4, 0.5) is 5.69 Å². The maximum atomic E-state index is 12.4. The van der Waals surface area contributed by atoms with E-state index in [1.807, 2.05) is 19.1 Å². The van der Waals surface area contributed by atoms with Crippen LogP contribution in [0.15, 0.2) is 18.2 Å². The number of hydrogen-bond acceptors (Lipinski definition) is 4. The third kappa shape index (κ3) is 7.51. The summed E-state index contributed by atoms with van der Waals surface area (Å²) in [7, 11) is 0. The average molecular weight is 378 g/mol. The first-order valence-corrected chi connectivity index (χ1v) is 10.5. The lowest BCUT2D eigenvalue weighted by Gasteiger charge is -2.26. The monoisotopic (exact) mass is 377 g/mol. The third-order valence-electron chi connectivity index (χ3n) is 4.93. The predicted molar refractivity (Wildman–Crippen MR) is 115 cm³/mol. The van der Waals surface area contributed by atoms with Crippen molar-refractivity contribution < 1.29 is 9.90 Å². The highest BCUT2D eigenvalue weighted by molar-refractivity contribution is 5.94. The quantitative estimate of drug-likeness (QED) is 0.461. The van der Waals surface area contributed by atoms with E-state index in [0.717, 1.165) is 44.3 Å². The van der Waals surface area contributed by atoms with Crippen molar-refractivity contribution in [1.82, 2.24) is 10.6 Å². The lowest BCUT2D eigenvalue weighted by molar-refractivity contribution is 0.0950. The highest BCUT2D eigenvalue weighted by atomic mass is 16.3. The minimum absolute atomic E-state index is 0.0481. The van der Waals surface area contributed by atoms with Gasteiger partial charge >= 0.3 is 0 Å². The number of aliphatic hydroxyl groups is 1. The average Bonchev–Trinajstić information content (AvgIpc) is 2.67. The molecular formula is C22H39N3O2. The molecule has 5 heteroatoms. The van der Waals surface area contributed by atoms with E-state index in [1.54, 1.807) is 0 Å². The van der Waals surface area contributed by atoms with Crippen LogP contribution in [0, 0.1) is 6.92 Å². The first kappa shape index (κ1) is 23.4. The lowest BCUT2D eigenvalue weighted by Crippen LogP contribution is -2.42. The summed E-state index contributed by atoms with van der Waals surface area (Å²) >= 11 is 0. The molecule has 27 heavy (non-hydrogen) atoms. The molecule has 1 aromatic rings. The molecule has 154 valence electrons. The molecular weight excluding hydrogens is 338 g/mol. The topological polar surface area (TPSA) is 64.6 Å². The molecule has 2 atom stereocenters. The Labute approximate surface area is 165 Å². The summed E-state index contributed by atoms with van der Waals surface area (Å²) in [4.78, 5) is 14.8. The number of anilines is 1. The van der Waals surface area contributed by atoms with Gasteiger partial charge in [0.05, 0.1) is 6.10 Å². The second kappa shape index (κ2) is 12.7. The standard InChI is InChI=1S/C22H39N3O2/c1-6-14-25(15-7-2)20-11-10-18(16-17(20)5)22(27)24-13-12-23-19(8-3)21(26)9-4/h10-11,16,19,21,23,26H,6-9,12-15H2,1-5H3,(H,24,27). The highest BCUT2D eigenvalue weighted by Crippen LogP contribution is 2.22. The van der Waals surface area contributed by atoms with Crippen molar-refractivity contribution in [3.63, 3.8) is 0 Å². The number of nitrogens with zero attached hydrogens (tertiary/aromatic N) is 1. The zero-order chi connectivity index (χ0) is 20.2. The van der Waals surface area contributed by atoms with E-state index in [-0.39, 0.29) is 18.1 Å². The number of benzene rings is 1. The van der Waals surface area contributed by atoms with Gasteiger partial charge in [-0.1, -0.05) is 27.7 Å². The van der Waals surface area contributed by atoms with Crippen molar-refractivity contribution in [3.8, 4) is 0 Å². The van der Waals surface area contributed by atoms with E-state index in [4.69, 9.17) is 0 Å². The van der Waals surface area contributed by atoms with Gasteiger partial charge < -0.3 is 20.6 Å². The number of rotatable bonds is 13. The SMILES string of the molecule is CCCN(CCC)c1ccc(C(=O)NCCNC(CC)C(O)CC)cc1C. The van der Waals surface area contributed by atoms with Crippen LogP contribution in [0.25, 0.3) is 0 Å². The molecule has 2 unspecified atom stereocenters. The summed E-state index contributed by atoms with van der Waals surface area (Å²) in [6.45, 7) is 13.8. The van der Waals surface area contributed by atoms with Crippen LogP contribution in [-0.4, -0.2) is 49.3 Å². The van der Waals surface area contributed by atoms with Crippen molar-refractivity contribution in [2.75, 3.05) is 31.1 Å². The van der Waals surface area contributed by atoms with Crippen LogP contribution in [-0.2, 0) is 0 Å². The summed E-state index contributed by atoms with van der Waals surface area (Å²) in [5.74, 6) is -0.0481. The lowest BCUT2D eigenvalue weighted by atomic mass is 10.1. The van der Waals surface area contributed by atoms with Crippen LogP contribution in [0.5, 0.6) is 0 Å². The van der Waals surface area contributed by atoms with Gasteiger partial charge in [0, 0.05) is 43.5 Å². The molecule has 0 bridgehead atoms. The third-order valence-corrected chi connectivity index (χ3v) is 4.93. The number of carbonyl (C=O) groups excluding carboxylic acids is 1. The molecule has 3 N–H and O–H groups in total. The number of aryl methyl sites for hydroxylation is 1. The summed E-state index contributed by atoms with van der Waals surface area (Å²) in [6, 6.07) is 6.04. The Bertz CT molecular complexity index is 556. The van der Waals surface area contributed by atoms with Crippen LogP contribution < -0.4 is 15.5 Å². The molecule has 0 heterocycles. The van der Waals surface area contributed by atoms with Gasteiger partial charge in [0.25, 0.3) is 5.91 Å². The zero-order valence-corrected chi connectivity index (χ0v) is 17.8. The Balaban J connectivity index is 2.59. The Morgan fingerprint density at radius 2 is 1.74 bits per heavy atom. The molecule has 1 rings (SSSR count). The number of nitrogens with one attached hydrogen (secondary N) is 2. The van der Waals surface area contributed by atoms with Gasteiger partial charge in [-0.15, -0.1) is 0 Å². The first-order chi connectivity index (χ1) is 13.0. The number of carbonyl (C=O) groups is 1. The second-order valence-corrected chi connectivity index (χ2v) is 7.19. The maximum Gasteiger partial charge on any atom is 0.251 e. The molecule has 0 fully saturated rings. The Morgan fingerprint density at radius 1 is 1.07 bits per heavy atom. The van der Waals surface area contributed by atoms with E-state index < -0.39 is 0 Å². The van der Waals surface area contributed by atoms with Gasteiger partial charge in [-0.05, 0) is 56.4 Å². The fraction of sp³-hybridized carbons (Fsp3) is 0.682. The van der Waals surface area contributed by atoms with Crippen molar-refractivity contribution in [2.24, 2.45) is 0 Å². The molecule has 0 saturated heterocycles. The number of hydrogen-bond donors (Lipinski definition) is 3. The van der Waals surface area contributed by atoms with Crippen LogP contribution in [0.1, 0.15) is 69.3 Å². The van der Waals surface area contributed by atoms with E-state index in [2.05, 4.69) is 49.3 Å². The molecule has 5 nitrogen and oxygen atoms in total. The van der Waals surface area contributed by atoms with Gasteiger partial charge in [0.1, 0.15) is 0 Å². The normalized spacial score (nSPS) is 13.3. The molecule has 0 saturated carbocycles. The van der Waals surface area contributed by atoms with E-state index in [0.29, 0.717) is 18.7 Å². The van der Waals surface area contributed by atoms with Crippen molar-refractivity contribution in [3.05, 3.63) is 29.3 Å². The van der Waals surface area contributed by atoms with Gasteiger partial charge in [0.2, 0.25) is 0 Å². The molecule has 0 aliphatic carbocycles. The van der Waals surface area contributed by atoms with Crippen molar-refractivity contribution in [1.29, 1.82) is 0 Å². The highest BCUT2D eigenvalue weighted by Gasteiger charge is 2.15. The Hall–Kier alpha value is -1.59. The molecule has 0 radical (unpaired) electrons. The molecule has 0 aliphatic heterocycles. The smallest absolute Gasteiger partial charge is 0.251 e.